The minimum Gasteiger partial charge on any atom is -0.398 e. The van der Waals surface area contributed by atoms with Crippen molar-refractivity contribution in [2.24, 2.45) is 0 Å². The monoisotopic (exact) mass is 615 g/mol. The zero-order valence-electron chi connectivity index (χ0n) is 18.3. The van der Waals surface area contributed by atoms with Crippen LogP contribution in [-0.4, -0.2) is 21.5 Å². The number of nitrogen functional groups attached to an aromatic ring is 1. The van der Waals surface area contributed by atoms with Gasteiger partial charge in [-0.3, -0.25) is 9.59 Å². The van der Waals surface area contributed by atoms with Gasteiger partial charge in [-0.25, -0.2) is 9.97 Å². The molecule has 0 saturated heterocycles. The molecule has 9 heteroatoms. The summed E-state index contributed by atoms with van der Waals surface area (Å²) in [6.07, 6.45) is 3.88. The molecule has 1 aliphatic rings. The summed E-state index contributed by atoms with van der Waals surface area (Å²) >= 11 is 12.6. The molecular weight excluding hydrogens is 596 g/mol. The average Bonchev–Trinajstić information content (AvgIpc) is 2.97. The SMILES string of the molecule is Nc1ccccc1C(=O)Cc1cc(Br)cnc1Cl.O=C1Cc2cc(Br)cnc2Nc2ccccc21.[2HH]. The van der Waals surface area contributed by atoms with Crippen LogP contribution in [0, 0.1) is 0 Å². The zero-order chi connectivity index (χ0) is 24.9. The highest BCUT2D eigenvalue weighted by molar-refractivity contribution is 9.10. The molecule has 0 atom stereocenters. The van der Waals surface area contributed by atoms with Crippen LogP contribution in [0.2, 0.25) is 5.15 Å². The number of ketones is 2. The number of benzene rings is 2. The second-order valence-corrected chi connectivity index (χ2v) is 9.91. The molecule has 5 rings (SSSR count). The normalized spacial score (nSPS) is 11.8. The predicted octanol–water partition coefficient (Wildman–Crippen LogP) is 7.08. The van der Waals surface area contributed by atoms with Gasteiger partial charge in [-0.15, -0.1) is 0 Å². The molecule has 6 nitrogen and oxygen atoms in total. The van der Waals surface area contributed by atoms with Crippen molar-refractivity contribution in [2.45, 2.75) is 12.8 Å². The van der Waals surface area contributed by atoms with Crippen molar-refractivity contribution in [3.63, 3.8) is 0 Å². The lowest BCUT2D eigenvalue weighted by Gasteiger charge is -2.07. The molecule has 1 aliphatic heterocycles. The number of nitrogens with one attached hydrogen (secondary N) is 1. The quantitative estimate of drug-likeness (QED) is 0.145. The van der Waals surface area contributed by atoms with Gasteiger partial charge in [0.2, 0.25) is 0 Å². The fourth-order valence-corrected chi connectivity index (χ4v) is 4.49. The highest BCUT2D eigenvalue weighted by Gasteiger charge is 2.19. The Balaban J connectivity index is 0.000000195. The van der Waals surface area contributed by atoms with Gasteiger partial charge in [-0.05, 0) is 73.8 Å². The van der Waals surface area contributed by atoms with Crippen LogP contribution in [0.25, 0.3) is 0 Å². The van der Waals surface area contributed by atoms with Gasteiger partial charge in [0, 0.05) is 58.0 Å². The van der Waals surface area contributed by atoms with E-state index in [0.717, 1.165) is 31.6 Å². The Morgan fingerprint density at radius 1 is 1.03 bits per heavy atom. The highest BCUT2D eigenvalue weighted by Crippen LogP contribution is 2.29. The number of halogens is 3. The molecule has 4 aromatic rings. The van der Waals surface area contributed by atoms with Gasteiger partial charge in [0.25, 0.3) is 0 Å². The first-order chi connectivity index (χ1) is 16.8. The van der Waals surface area contributed by atoms with Crippen molar-refractivity contribution < 1.29 is 11.0 Å². The predicted molar refractivity (Wildman–Crippen MR) is 148 cm³/mol. The molecule has 0 aliphatic carbocycles. The number of nitrogens with zero attached hydrogens (tertiary/aromatic N) is 2. The van der Waals surface area contributed by atoms with Crippen LogP contribution in [0.4, 0.5) is 17.2 Å². The third-order valence-electron chi connectivity index (χ3n) is 5.26. The van der Waals surface area contributed by atoms with Gasteiger partial charge < -0.3 is 11.1 Å². The molecule has 3 heterocycles. The molecular formula is C26H21Br2ClN4O2. The van der Waals surface area contributed by atoms with Crippen molar-refractivity contribution in [3.8, 4) is 0 Å². The Morgan fingerprint density at radius 3 is 2.51 bits per heavy atom. The number of anilines is 3. The van der Waals surface area contributed by atoms with Gasteiger partial charge >= 0.3 is 0 Å². The van der Waals surface area contributed by atoms with Gasteiger partial charge in [-0.2, -0.15) is 0 Å². The minimum absolute atomic E-state index is 0. The second kappa shape index (κ2) is 11.1. The third kappa shape index (κ3) is 6.14. The molecule has 0 unspecified atom stereocenters. The molecule has 0 radical (unpaired) electrons. The van der Waals surface area contributed by atoms with Gasteiger partial charge in [0.05, 0.1) is 5.69 Å². The van der Waals surface area contributed by atoms with Crippen LogP contribution in [-0.2, 0) is 12.8 Å². The van der Waals surface area contributed by atoms with Crippen LogP contribution < -0.4 is 11.1 Å². The lowest BCUT2D eigenvalue weighted by Crippen LogP contribution is -2.07. The van der Waals surface area contributed by atoms with E-state index in [2.05, 4.69) is 47.1 Å². The number of pyridine rings is 2. The Kier molecular flexibility index (Phi) is 7.95. The molecule has 178 valence electrons. The molecule has 0 saturated carbocycles. The first kappa shape index (κ1) is 25.0. The number of Topliss-reactive ketones (excluding diaryl/α,β-unsaturated/α-hetero) is 2. The molecule has 0 amide bonds. The Bertz CT molecular complexity index is 1430. The standard InChI is InChI=1S/C13H10BrClN2O.C13H9BrN2O.H2/c14-9-5-8(13(15)17-7-9)6-12(18)10-3-1-2-4-11(10)16;14-9-5-8-6-12(17)10-3-1-2-4-11(10)16-13(8)15-7-9;/h1-5,7H,6,16H2;1-5,7H,6H2,(H,15,16);1H/i;;1+1. The van der Waals surface area contributed by atoms with E-state index < -0.39 is 0 Å². The minimum atomic E-state index is -0.0742. The Labute approximate surface area is 225 Å². The van der Waals surface area contributed by atoms with Crippen molar-refractivity contribution in [1.29, 1.82) is 0 Å². The lowest BCUT2D eigenvalue weighted by atomic mass is 10.0. The molecule has 0 bridgehead atoms. The van der Waals surface area contributed by atoms with E-state index in [9.17, 15) is 9.59 Å². The van der Waals surface area contributed by atoms with Crippen LogP contribution in [0.5, 0.6) is 0 Å². The van der Waals surface area contributed by atoms with Crippen LogP contribution >= 0.6 is 43.5 Å². The van der Waals surface area contributed by atoms with E-state index in [1.807, 2.05) is 30.3 Å². The summed E-state index contributed by atoms with van der Waals surface area (Å²) < 4.78 is 1.67. The van der Waals surface area contributed by atoms with Gasteiger partial charge in [0.15, 0.2) is 11.6 Å². The maximum Gasteiger partial charge on any atom is 0.169 e. The lowest BCUT2D eigenvalue weighted by molar-refractivity contribution is 0.0986. The summed E-state index contributed by atoms with van der Waals surface area (Å²) in [6, 6.07) is 18.2. The number of aromatic nitrogens is 2. The molecule has 0 spiro atoms. The van der Waals surface area contributed by atoms with Gasteiger partial charge in [-0.1, -0.05) is 35.9 Å². The first-order valence-corrected chi connectivity index (χ1v) is 12.5. The van der Waals surface area contributed by atoms with Crippen molar-refractivity contribution in [2.75, 3.05) is 11.1 Å². The number of carbonyl (C=O) groups excluding carboxylic acids is 2. The summed E-state index contributed by atoms with van der Waals surface area (Å²) in [5.74, 6) is 0.799. The van der Waals surface area contributed by atoms with Crippen LogP contribution in [0.3, 0.4) is 0 Å². The number of rotatable bonds is 3. The van der Waals surface area contributed by atoms with Crippen molar-refractivity contribution in [1.82, 2.24) is 9.97 Å². The summed E-state index contributed by atoms with van der Waals surface area (Å²) in [6.45, 7) is 0. The van der Waals surface area contributed by atoms with E-state index in [-0.39, 0.29) is 19.4 Å². The summed E-state index contributed by atoms with van der Waals surface area (Å²) in [5.41, 5.74) is 9.89. The Morgan fingerprint density at radius 2 is 1.71 bits per heavy atom. The maximum absolute atomic E-state index is 12.1. The molecule has 2 aromatic heterocycles. The van der Waals surface area contributed by atoms with E-state index in [0.29, 0.717) is 28.4 Å². The molecule has 35 heavy (non-hydrogen) atoms. The highest BCUT2D eigenvalue weighted by atomic mass is 79.9. The fraction of sp³-hybridized carbons (Fsp3) is 0.0769. The number of hydrogen-bond donors (Lipinski definition) is 2. The van der Waals surface area contributed by atoms with E-state index in [1.165, 1.54) is 0 Å². The van der Waals surface area contributed by atoms with Gasteiger partial charge in [0.1, 0.15) is 11.0 Å². The van der Waals surface area contributed by atoms with Crippen molar-refractivity contribution >= 4 is 72.2 Å². The zero-order valence-corrected chi connectivity index (χ0v) is 22.2. The maximum atomic E-state index is 12.1. The number of para-hydroxylation sites is 2. The molecule has 0 fully saturated rings. The number of nitrogens with two attached hydrogens (primary N) is 1. The number of hydrogen-bond acceptors (Lipinski definition) is 6. The Hall–Kier alpha value is -3.07. The first-order valence-electron chi connectivity index (χ1n) is 10.5. The second-order valence-electron chi connectivity index (χ2n) is 7.72. The topological polar surface area (TPSA) is 98.0 Å². The smallest absolute Gasteiger partial charge is 0.169 e. The average molecular weight is 618 g/mol. The number of carbonyl (C=O) groups is 2. The molecule has 3 N–H and O–H groups in total. The van der Waals surface area contributed by atoms with Crippen molar-refractivity contribution in [3.05, 3.63) is 109 Å². The largest absolute Gasteiger partial charge is 0.398 e. The summed E-state index contributed by atoms with van der Waals surface area (Å²) in [7, 11) is 0. The van der Waals surface area contributed by atoms with Crippen LogP contribution in [0.15, 0.2) is 82.0 Å². The molecule has 2 aromatic carbocycles. The van der Waals surface area contributed by atoms with E-state index in [4.69, 9.17) is 17.3 Å². The summed E-state index contributed by atoms with van der Waals surface area (Å²) in [4.78, 5) is 32.5. The number of fused-ring (bicyclic) bond motifs is 2. The van der Waals surface area contributed by atoms with E-state index in [1.54, 1.807) is 42.7 Å². The summed E-state index contributed by atoms with van der Waals surface area (Å²) in [5, 5.41) is 3.54. The van der Waals surface area contributed by atoms with E-state index >= 15 is 0 Å². The van der Waals surface area contributed by atoms with Crippen LogP contribution in [0.1, 0.15) is 33.3 Å². The fourth-order valence-electron chi connectivity index (χ4n) is 3.57. The third-order valence-corrected chi connectivity index (χ3v) is 6.46.